The lowest BCUT2D eigenvalue weighted by atomic mass is 9.96. The van der Waals surface area contributed by atoms with E-state index >= 15 is 4.39 Å². The van der Waals surface area contributed by atoms with Crippen molar-refractivity contribution in [3.05, 3.63) is 90.0 Å². The van der Waals surface area contributed by atoms with Crippen molar-refractivity contribution in [2.45, 2.75) is 32.8 Å². The Labute approximate surface area is 184 Å². The van der Waals surface area contributed by atoms with Gasteiger partial charge in [-0.1, -0.05) is 67.9 Å². The van der Waals surface area contributed by atoms with E-state index in [-0.39, 0.29) is 11.1 Å². The molecule has 0 radical (unpaired) electrons. The van der Waals surface area contributed by atoms with Gasteiger partial charge < -0.3 is 4.74 Å². The van der Waals surface area contributed by atoms with Crippen LogP contribution in [0.5, 0.6) is 5.75 Å². The van der Waals surface area contributed by atoms with Crippen LogP contribution < -0.4 is 4.74 Å². The second kappa shape index (κ2) is 9.43. The van der Waals surface area contributed by atoms with Crippen LogP contribution in [-0.4, -0.2) is 6.61 Å². The first-order chi connectivity index (χ1) is 15.5. The lowest BCUT2D eigenvalue weighted by molar-refractivity contribution is -0.0521. The second-order valence-electron chi connectivity index (χ2n) is 7.69. The van der Waals surface area contributed by atoms with Crippen LogP contribution in [0.15, 0.2) is 72.8 Å². The van der Waals surface area contributed by atoms with Crippen LogP contribution in [0.2, 0.25) is 0 Å². The molecule has 4 rings (SSSR count). The fourth-order valence-electron chi connectivity index (χ4n) is 3.80. The molecular formula is C27H22F4O. The summed E-state index contributed by atoms with van der Waals surface area (Å²) in [6.07, 6.45) is 3.36. The Balaban J connectivity index is 1.65. The number of hydrogen-bond donors (Lipinski definition) is 0. The minimum atomic E-state index is -3.13. The molecule has 0 spiro atoms. The Kier molecular flexibility index (Phi) is 6.45. The van der Waals surface area contributed by atoms with Crippen molar-refractivity contribution in [1.29, 1.82) is 0 Å². The van der Waals surface area contributed by atoms with Gasteiger partial charge in [-0.2, -0.15) is 8.78 Å². The van der Waals surface area contributed by atoms with Crippen LogP contribution in [0.3, 0.4) is 0 Å². The number of unbranched alkanes of at least 4 members (excludes halogenated alkanes) is 1. The Morgan fingerprint density at radius 3 is 2.19 bits per heavy atom. The van der Waals surface area contributed by atoms with Gasteiger partial charge in [0, 0.05) is 10.9 Å². The average molecular weight is 438 g/mol. The minimum Gasteiger partial charge on any atom is -0.432 e. The first-order valence-electron chi connectivity index (χ1n) is 10.5. The predicted octanol–water partition coefficient (Wildman–Crippen LogP) is 8.40. The summed E-state index contributed by atoms with van der Waals surface area (Å²) in [6, 6.07) is 20.6. The zero-order valence-corrected chi connectivity index (χ0v) is 17.5. The summed E-state index contributed by atoms with van der Waals surface area (Å²) < 4.78 is 58.1. The maximum atomic E-state index is 15.2. The van der Waals surface area contributed by atoms with E-state index in [0.29, 0.717) is 5.39 Å². The molecule has 4 aromatic carbocycles. The summed E-state index contributed by atoms with van der Waals surface area (Å²) >= 11 is 0. The van der Waals surface area contributed by atoms with E-state index in [1.807, 2.05) is 12.1 Å². The van der Waals surface area contributed by atoms with Gasteiger partial charge >= 0.3 is 6.61 Å². The molecule has 0 N–H and O–H groups in total. The molecule has 5 heteroatoms. The first-order valence-corrected chi connectivity index (χ1v) is 10.5. The predicted molar refractivity (Wildman–Crippen MR) is 120 cm³/mol. The molecule has 0 aromatic heterocycles. The lowest BCUT2D eigenvalue weighted by Gasteiger charge is -2.11. The molecule has 1 nitrogen and oxygen atoms in total. The number of rotatable bonds is 7. The van der Waals surface area contributed by atoms with Gasteiger partial charge in [0.05, 0.1) is 0 Å². The first kappa shape index (κ1) is 21.9. The highest BCUT2D eigenvalue weighted by Gasteiger charge is 2.15. The number of hydrogen-bond acceptors (Lipinski definition) is 1. The standard InChI is InChI=1S/C27H22F4O/c1-2-3-4-17-5-7-18(8-6-17)19-9-12-22-20(15-19)10-13-23(26(22)29)21-11-14-25(24(28)16-21)32-27(30)31/h5-16,27H,2-4H2,1H3. The number of aryl methyl sites for hydroxylation is 1. The Morgan fingerprint density at radius 1 is 0.781 bits per heavy atom. The molecule has 0 saturated heterocycles. The molecule has 0 amide bonds. The van der Waals surface area contributed by atoms with Gasteiger partial charge in [0.25, 0.3) is 0 Å². The van der Waals surface area contributed by atoms with E-state index in [4.69, 9.17) is 0 Å². The van der Waals surface area contributed by atoms with Gasteiger partial charge in [0.2, 0.25) is 0 Å². The molecule has 0 saturated carbocycles. The fraction of sp³-hybridized carbons (Fsp3) is 0.185. The largest absolute Gasteiger partial charge is 0.432 e. The van der Waals surface area contributed by atoms with Gasteiger partial charge in [0.1, 0.15) is 5.82 Å². The van der Waals surface area contributed by atoms with Crippen LogP contribution in [0.4, 0.5) is 17.6 Å². The Morgan fingerprint density at radius 2 is 1.50 bits per heavy atom. The zero-order chi connectivity index (χ0) is 22.7. The number of benzene rings is 4. The van der Waals surface area contributed by atoms with E-state index < -0.39 is 24.0 Å². The average Bonchev–Trinajstić information content (AvgIpc) is 2.79. The smallest absolute Gasteiger partial charge is 0.387 e. The molecule has 0 fully saturated rings. The second-order valence-corrected chi connectivity index (χ2v) is 7.69. The van der Waals surface area contributed by atoms with E-state index in [1.165, 1.54) is 11.6 Å². The molecule has 0 aliphatic rings. The maximum Gasteiger partial charge on any atom is 0.387 e. The Hall–Kier alpha value is -3.34. The summed E-state index contributed by atoms with van der Waals surface area (Å²) in [4.78, 5) is 0. The van der Waals surface area contributed by atoms with Crippen molar-refractivity contribution in [3.8, 4) is 28.0 Å². The lowest BCUT2D eigenvalue weighted by Crippen LogP contribution is -2.03. The van der Waals surface area contributed by atoms with Crippen LogP contribution in [0.25, 0.3) is 33.0 Å². The SMILES string of the molecule is CCCCc1ccc(-c2ccc3c(F)c(-c4ccc(OC(F)F)c(F)c4)ccc3c2)cc1. The van der Waals surface area contributed by atoms with E-state index in [1.54, 1.807) is 18.2 Å². The zero-order valence-electron chi connectivity index (χ0n) is 17.5. The number of alkyl halides is 2. The van der Waals surface area contributed by atoms with Crippen LogP contribution >= 0.6 is 0 Å². The highest BCUT2D eigenvalue weighted by molar-refractivity contribution is 5.91. The quantitative estimate of drug-likeness (QED) is 0.263. The van der Waals surface area contributed by atoms with E-state index in [9.17, 15) is 13.2 Å². The molecule has 4 aromatic rings. The highest BCUT2D eigenvalue weighted by atomic mass is 19.3. The van der Waals surface area contributed by atoms with Crippen molar-refractivity contribution < 1.29 is 22.3 Å². The summed E-state index contributed by atoms with van der Waals surface area (Å²) in [5, 5.41) is 1.12. The van der Waals surface area contributed by atoms with Crippen LogP contribution in [0, 0.1) is 11.6 Å². The topological polar surface area (TPSA) is 9.23 Å². The third-order valence-electron chi connectivity index (χ3n) is 5.52. The summed E-state index contributed by atoms with van der Waals surface area (Å²) in [6.45, 7) is -0.962. The van der Waals surface area contributed by atoms with Crippen LogP contribution in [0.1, 0.15) is 25.3 Å². The molecule has 164 valence electrons. The van der Waals surface area contributed by atoms with Gasteiger partial charge in [-0.05, 0) is 58.7 Å². The molecule has 0 heterocycles. The van der Waals surface area contributed by atoms with Crippen LogP contribution in [-0.2, 0) is 6.42 Å². The van der Waals surface area contributed by atoms with Crippen molar-refractivity contribution in [2.24, 2.45) is 0 Å². The van der Waals surface area contributed by atoms with Crippen molar-refractivity contribution in [1.82, 2.24) is 0 Å². The van der Waals surface area contributed by atoms with Gasteiger partial charge in [-0.15, -0.1) is 0 Å². The third kappa shape index (κ3) is 4.62. The van der Waals surface area contributed by atoms with E-state index in [2.05, 4.69) is 35.9 Å². The van der Waals surface area contributed by atoms with Crippen molar-refractivity contribution >= 4 is 10.8 Å². The van der Waals surface area contributed by atoms with Gasteiger partial charge in [-0.25, -0.2) is 8.78 Å². The van der Waals surface area contributed by atoms with Crippen molar-refractivity contribution in [2.75, 3.05) is 0 Å². The molecule has 0 aliphatic heterocycles. The molecule has 0 unspecified atom stereocenters. The summed E-state index contributed by atoms with van der Waals surface area (Å²) in [5.74, 6) is -2.04. The van der Waals surface area contributed by atoms with Gasteiger partial charge in [0.15, 0.2) is 11.6 Å². The number of fused-ring (bicyclic) bond motifs is 1. The Bertz CT molecular complexity index is 1230. The normalized spacial score (nSPS) is 11.3. The number of ether oxygens (including phenoxy) is 1. The minimum absolute atomic E-state index is 0.188. The summed E-state index contributed by atoms with van der Waals surface area (Å²) in [5.41, 5.74) is 3.76. The summed E-state index contributed by atoms with van der Waals surface area (Å²) in [7, 11) is 0. The molecule has 0 atom stereocenters. The monoisotopic (exact) mass is 438 g/mol. The number of halogens is 4. The fourth-order valence-corrected chi connectivity index (χ4v) is 3.80. The maximum absolute atomic E-state index is 15.2. The van der Waals surface area contributed by atoms with Gasteiger partial charge in [-0.3, -0.25) is 0 Å². The molecule has 0 aliphatic carbocycles. The molecular weight excluding hydrogens is 416 g/mol. The highest BCUT2D eigenvalue weighted by Crippen LogP contribution is 2.33. The van der Waals surface area contributed by atoms with Crippen molar-refractivity contribution in [3.63, 3.8) is 0 Å². The van der Waals surface area contributed by atoms with E-state index in [0.717, 1.165) is 47.9 Å². The third-order valence-corrected chi connectivity index (χ3v) is 5.52. The molecule has 32 heavy (non-hydrogen) atoms. The molecule has 0 bridgehead atoms.